The third-order valence-corrected chi connectivity index (χ3v) is 2.11. The highest BCUT2D eigenvalue weighted by Gasteiger charge is 2.27. The highest BCUT2D eigenvalue weighted by Crippen LogP contribution is 2.38. The van der Waals surface area contributed by atoms with Gasteiger partial charge in [0.1, 0.15) is 5.82 Å². The summed E-state index contributed by atoms with van der Waals surface area (Å²) in [7, 11) is 0. The van der Waals surface area contributed by atoms with Gasteiger partial charge in [-0.3, -0.25) is 5.10 Å². The van der Waals surface area contributed by atoms with E-state index in [2.05, 4.69) is 30.6 Å². The molecule has 0 unspecified atom stereocenters. The van der Waals surface area contributed by atoms with Crippen molar-refractivity contribution < 1.29 is 0 Å². The van der Waals surface area contributed by atoms with Gasteiger partial charge in [0, 0.05) is 5.92 Å². The van der Waals surface area contributed by atoms with E-state index in [-0.39, 0.29) is 0 Å². The molecule has 66 valence electrons. The zero-order chi connectivity index (χ0) is 8.67. The Morgan fingerprint density at radius 2 is 2.23 bits per heavy atom. The molecule has 2 heterocycles. The first-order valence-electron chi connectivity index (χ1n) is 4.22. The highest BCUT2D eigenvalue weighted by molar-refractivity contribution is 5.45. The first kappa shape index (κ1) is 6.76. The Hall–Kier alpha value is -1.72. The van der Waals surface area contributed by atoms with Crippen molar-refractivity contribution in [2.24, 2.45) is 0 Å². The fourth-order valence-electron chi connectivity index (χ4n) is 1.24. The van der Waals surface area contributed by atoms with Gasteiger partial charge >= 0.3 is 0 Å². The summed E-state index contributed by atoms with van der Waals surface area (Å²) in [4.78, 5) is 4.33. The van der Waals surface area contributed by atoms with Crippen LogP contribution in [0.2, 0.25) is 0 Å². The number of rotatable bonds is 2. The predicted octanol–water partition coefficient (Wildman–Crippen LogP) is 0.467. The normalized spacial score (nSPS) is 16.3. The molecule has 2 aromatic rings. The van der Waals surface area contributed by atoms with Gasteiger partial charge in [0.15, 0.2) is 5.69 Å². The van der Waals surface area contributed by atoms with Gasteiger partial charge < -0.3 is 0 Å². The van der Waals surface area contributed by atoms with Crippen LogP contribution in [-0.4, -0.2) is 30.6 Å². The van der Waals surface area contributed by atoms with Gasteiger partial charge in [-0.05, 0) is 12.8 Å². The van der Waals surface area contributed by atoms with Crippen molar-refractivity contribution in [2.45, 2.75) is 18.8 Å². The van der Waals surface area contributed by atoms with Crippen molar-refractivity contribution in [1.82, 2.24) is 30.6 Å². The lowest BCUT2D eigenvalue weighted by Crippen LogP contribution is -1.82. The van der Waals surface area contributed by atoms with Gasteiger partial charge in [-0.15, -0.1) is 0 Å². The minimum absolute atomic E-state index is 0.591. The average molecular weight is 176 g/mol. The molecular formula is C7H8N6. The van der Waals surface area contributed by atoms with Crippen LogP contribution in [0, 0.1) is 0 Å². The first-order chi connectivity index (χ1) is 6.43. The number of nitrogens with one attached hydrogen (secondary N) is 2. The topological polar surface area (TPSA) is 83.1 Å². The number of nitrogens with zero attached hydrogens (tertiary/aromatic N) is 4. The Morgan fingerprint density at radius 3 is 2.92 bits per heavy atom. The van der Waals surface area contributed by atoms with Crippen LogP contribution in [0.5, 0.6) is 0 Å². The van der Waals surface area contributed by atoms with Crippen molar-refractivity contribution in [3.63, 3.8) is 0 Å². The van der Waals surface area contributed by atoms with Crippen molar-refractivity contribution in [3.8, 4) is 11.5 Å². The van der Waals surface area contributed by atoms with Crippen LogP contribution in [-0.2, 0) is 0 Å². The smallest absolute Gasteiger partial charge is 0.203 e. The SMILES string of the molecule is c1n[nH]nc1-c1n[nH]c(C2CC2)n1. The number of aromatic nitrogens is 6. The molecule has 6 nitrogen and oxygen atoms in total. The second-order valence-electron chi connectivity index (χ2n) is 3.17. The van der Waals surface area contributed by atoms with E-state index in [1.807, 2.05) is 0 Å². The number of aromatic amines is 2. The Bertz CT molecular complexity index is 398. The molecule has 0 radical (unpaired) electrons. The maximum absolute atomic E-state index is 4.33. The molecule has 1 aliphatic carbocycles. The summed E-state index contributed by atoms with van der Waals surface area (Å²) in [5.41, 5.74) is 0.683. The fourth-order valence-corrected chi connectivity index (χ4v) is 1.24. The second-order valence-corrected chi connectivity index (χ2v) is 3.17. The molecule has 0 aromatic carbocycles. The van der Waals surface area contributed by atoms with Gasteiger partial charge in [-0.1, -0.05) is 0 Å². The summed E-state index contributed by atoms with van der Waals surface area (Å²) in [5.74, 6) is 2.18. The van der Waals surface area contributed by atoms with E-state index < -0.39 is 0 Å². The van der Waals surface area contributed by atoms with E-state index in [9.17, 15) is 0 Å². The first-order valence-corrected chi connectivity index (χ1v) is 4.22. The van der Waals surface area contributed by atoms with Crippen LogP contribution >= 0.6 is 0 Å². The summed E-state index contributed by atoms with van der Waals surface area (Å²) >= 11 is 0. The van der Waals surface area contributed by atoms with Crippen LogP contribution < -0.4 is 0 Å². The Kier molecular flexibility index (Phi) is 1.24. The Morgan fingerprint density at radius 1 is 1.31 bits per heavy atom. The minimum Gasteiger partial charge on any atom is -0.262 e. The van der Waals surface area contributed by atoms with Crippen LogP contribution in [0.25, 0.3) is 11.5 Å². The maximum atomic E-state index is 4.33. The summed E-state index contributed by atoms with van der Waals surface area (Å²) < 4.78 is 0. The summed E-state index contributed by atoms with van der Waals surface area (Å²) in [6.45, 7) is 0. The van der Waals surface area contributed by atoms with Crippen LogP contribution in [0.4, 0.5) is 0 Å². The summed E-state index contributed by atoms with van der Waals surface area (Å²) in [6.07, 6.45) is 4.04. The van der Waals surface area contributed by atoms with Gasteiger partial charge in [-0.25, -0.2) is 4.98 Å². The molecule has 0 saturated heterocycles. The molecule has 6 heteroatoms. The fraction of sp³-hybridized carbons (Fsp3) is 0.429. The lowest BCUT2D eigenvalue weighted by Gasteiger charge is -1.83. The second kappa shape index (κ2) is 2.38. The predicted molar refractivity (Wildman–Crippen MR) is 43.7 cm³/mol. The number of H-pyrrole nitrogens is 2. The molecule has 2 N–H and O–H groups in total. The van der Waals surface area contributed by atoms with Crippen LogP contribution in [0.3, 0.4) is 0 Å². The molecule has 0 amide bonds. The van der Waals surface area contributed by atoms with Crippen molar-refractivity contribution >= 4 is 0 Å². The van der Waals surface area contributed by atoms with E-state index in [1.165, 1.54) is 12.8 Å². The van der Waals surface area contributed by atoms with Gasteiger partial charge in [0.25, 0.3) is 0 Å². The maximum Gasteiger partial charge on any atom is 0.203 e. The minimum atomic E-state index is 0.591. The third-order valence-electron chi connectivity index (χ3n) is 2.11. The molecule has 0 aliphatic heterocycles. The Labute approximate surface area is 73.8 Å². The molecule has 0 bridgehead atoms. The lowest BCUT2D eigenvalue weighted by atomic mass is 10.4. The third kappa shape index (κ3) is 1.10. The van der Waals surface area contributed by atoms with Gasteiger partial charge in [0.05, 0.1) is 6.20 Å². The van der Waals surface area contributed by atoms with Crippen molar-refractivity contribution in [3.05, 3.63) is 12.0 Å². The Balaban J connectivity index is 1.97. The van der Waals surface area contributed by atoms with E-state index in [0.717, 1.165) is 5.82 Å². The zero-order valence-corrected chi connectivity index (χ0v) is 6.86. The molecule has 3 rings (SSSR count). The van der Waals surface area contributed by atoms with Crippen LogP contribution in [0.15, 0.2) is 6.20 Å². The van der Waals surface area contributed by atoms with Gasteiger partial charge in [0.2, 0.25) is 5.82 Å². The van der Waals surface area contributed by atoms with E-state index >= 15 is 0 Å². The molecular weight excluding hydrogens is 168 g/mol. The monoisotopic (exact) mass is 176 g/mol. The quantitative estimate of drug-likeness (QED) is 0.696. The summed E-state index contributed by atoms with van der Waals surface area (Å²) in [5, 5.41) is 17.1. The lowest BCUT2D eigenvalue weighted by molar-refractivity contribution is 0.934. The van der Waals surface area contributed by atoms with Crippen molar-refractivity contribution in [1.29, 1.82) is 0 Å². The summed E-state index contributed by atoms with van der Waals surface area (Å²) in [6, 6.07) is 0. The molecule has 1 fully saturated rings. The van der Waals surface area contributed by atoms with E-state index in [1.54, 1.807) is 6.20 Å². The largest absolute Gasteiger partial charge is 0.262 e. The highest BCUT2D eigenvalue weighted by atomic mass is 15.3. The van der Waals surface area contributed by atoms with Crippen molar-refractivity contribution in [2.75, 3.05) is 0 Å². The molecule has 1 aliphatic rings. The number of hydrogen-bond acceptors (Lipinski definition) is 4. The molecule has 0 spiro atoms. The van der Waals surface area contributed by atoms with Gasteiger partial charge in [-0.2, -0.15) is 20.5 Å². The molecule has 2 aromatic heterocycles. The molecule has 13 heavy (non-hydrogen) atoms. The molecule has 0 atom stereocenters. The van der Waals surface area contributed by atoms with E-state index in [0.29, 0.717) is 17.4 Å². The standard InChI is InChI=1S/C7H8N6/c1-2-4(1)6-9-7(12-11-6)5-3-8-13-10-5/h3-4H,1-2H2,(H,8,10,13)(H,9,11,12). The zero-order valence-electron chi connectivity index (χ0n) is 6.86. The number of hydrogen-bond donors (Lipinski definition) is 2. The van der Waals surface area contributed by atoms with Crippen LogP contribution in [0.1, 0.15) is 24.6 Å². The van der Waals surface area contributed by atoms with E-state index in [4.69, 9.17) is 0 Å². The molecule has 1 saturated carbocycles. The average Bonchev–Trinajstić information content (AvgIpc) is 2.72.